The van der Waals surface area contributed by atoms with Gasteiger partial charge in [-0.3, -0.25) is 4.90 Å². The molecule has 19 heavy (non-hydrogen) atoms. The van der Waals surface area contributed by atoms with E-state index in [1.807, 2.05) is 6.08 Å². The van der Waals surface area contributed by atoms with Crippen LogP contribution in [0.2, 0.25) is 0 Å². The normalized spacial score (nSPS) is 16.6. The van der Waals surface area contributed by atoms with Crippen molar-refractivity contribution in [1.29, 1.82) is 0 Å². The first-order valence-corrected chi connectivity index (χ1v) is 7.15. The summed E-state index contributed by atoms with van der Waals surface area (Å²) in [5, 5.41) is 3.36. The van der Waals surface area contributed by atoms with Gasteiger partial charge in [-0.05, 0) is 24.6 Å². The Labute approximate surface area is 116 Å². The first kappa shape index (κ1) is 14.1. The topological polar surface area (TPSA) is 18.5 Å². The van der Waals surface area contributed by atoms with Gasteiger partial charge in [-0.15, -0.1) is 6.58 Å². The number of benzene rings is 1. The second-order valence-electron chi connectivity index (χ2n) is 5.16. The Hall–Kier alpha value is -1.32. The van der Waals surface area contributed by atoms with Gasteiger partial charge in [0, 0.05) is 51.5 Å². The molecule has 0 unspecified atom stereocenters. The SMILES string of the molecule is C=CCNCCN1CCN(c2cccc(C)c2)CC1. The molecule has 3 nitrogen and oxygen atoms in total. The molecule has 0 atom stereocenters. The number of nitrogens with one attached hydrogen (secondary N) is 1. The van der Waals surface area contributed by atoms with Gasteiger partial charge in [0.15, 0.2) is 0 Å². The largest absolute Gasteiger partial charge is 0.369 e. The summed E-state index contributed by atoms with van der Waals surface area (Å²) in [4.78, 5) is 5.02. The van der Waals surface area contributed by atoms with Crippen molar-refractivity contribution in [2.24, 2.45) is 0 Å². The summed E-state index contributed by atoms with van der Waals surface area (Å²) >= 11 is 0. The van der Waals surface area contributed by atoms with Gasteiger partial charge in [0.05, 0.1) is 0 Å². The fourth-order valence-electron chi connectivity index (χ4n) is 2.50. The maximum absolute atomic E-state index is 3.71. The molecule has 0 aromatic heterocycles. The smallest absolute Gasteiger partial charge is 0.0369 e. The number of piperazine rings is 1. The molecule has 1 aliphatic rings. The van der Waals surface area contributed by atoms with Crippen molar-refractivity contribution in [2.75, 3.05) is 50.7 Å². The highest BCUT2D eigenvalue weighted by Gasteiger charge is 2.16. The van der Waals surface area contributed by atoms with Crippen LogP contribution in [-0.2, 0) is 0 Å². The van der Waals surface area contributed by atoms with Crippen LogP contribution in [0.4, 0.5) is 5.69 Å². The zero-order valence-electron chi connectivity index (χ0n) is 11.9. The highest BCUT2D eigenvalue weighted by atomic mass is 15.3. The van der Waals surface area contributed by atoms with Gasteiger partial charge in [0.1, 0.15) is 0 Å². The van der Waals surface area contributed by atoms with Gasteiger partial charge in [-0.25, -0.2) is 0 Å². The molecule has 1 aliphatic heterocycles. The molecule has 0 aliphatic carbocycles. The van der Waals surface area contributed by atoms with Crippen molar-refractivity contribution in [1.82, 2.24) is 10.2 Å². The summed E-state index contributed by atoms with van der Waals surface area (Å²) in [5.41, 5.74) is 2.71. The lowest BCUT2D eigenvalue weighted by atomic mass is 10.2. The zero-order valence-corrected chi connectivity index (χ0v) is 11.9. The molecule has 0 bridgehead atoms. The van der Waals surface area contributed by atoms with Crippen LogP contribution in [0.5, 0.6) is 0 Å². The molecule has 1 N–H and O–H groups in total. The number of hydrogen-bond acceptors (Lipinski definition) is 3. The standard InChI is InChI=1S/C16H25N3/c1-3-7-17-8-9-18-10-12-19(13-11-18)16-6-4-5-15(2)14-16/h3-6,14,17H,1,7-13H2,2H3. The molecule has 0 radical (unpaired) electrons. The summed E-state index contributed by atoms with van der Waals surface area (Å²) in [6.45, 7) is 13.5. The Morgan fingerprint density at radius 2 is 2.05 bits per heavy atom. The van der Waals surface area contributed by atoms with Crippen molar-refractivity contribution in [3.8, 4) is 0 Å². The average molecular weight is 259 g/mol. The fraction of sp³-hybridized carbons (Fsp3) is 0.500. The third-order valence-electron chi connectivity index (χ3n) is 3.63. The molecule has 2 rings (SSSR count). The molecule has 0 spiro atoms. The molecule has 0 amide bonds. The van der Waals surface area contributed by atoms with Crippen LogP contribution < -0.4 is 10.2 Å². The summed E-state index contributed by atoms with van der Waals surface area (Å²) < 4.78 is 0. The average Bonchev–Trinajstić information content (AvgIpc) is 2.44. The van der Waals surface area contributed by atoms with E-state index in [1.165, 1.54) is 11.3 Å². The van der Waals surface area contributed by atoms with E-state index in [2.05, 4.69) is 52.9 Å². The van der Waals surface area contributed by atoms with E-state index in [4.69, 9.17) is 0 Å². The van der Waals surface area contributed by atoms with Crippen molar-refractivity contribution in [3.63, 3.8) is 0 Å². The molecule has 1 aromatic rings. The zero-order chi connectivity index (χ0) is 13.5. The first-order valence-electron chi connectivity index (χ1n) is 7.15. The second-order valence-corrected chi connectivity index (χ2v) is 5.16. The summed E-state index contributed by atoms with van der Waals surface area (Å²) in [6.07, 6.45) is 1.91. The molecular formula is C16H25N3. The van der Waals surface area contributed by atoms with Crippen molar-refractivity contribution in [2.45, 2.75) is 6.92 Å². The van der Waals surface area contributed by atoms with E-state index in [-0.39, 0.29) is 0 Å². The maximum atomic E-state index is 3.71. The van der Waals surface area contributed by atoms with Gasteiger partial charge in [-0.2, -0.15) is 0 Å². The van der Waals surface area contributed by atoms with E-state index < -0.39 is 0 Å². The van der Waals surface area contributed by atoms with Gasteiger partial charge >= 0.3 is 0 Å². The van der Waals surface area contributed by atoms with Crippen LogP contribution in [0.3, 0.4) is 0 Å². The molecule has 1 heterocycles. The van der Waals surface area contributed by atoms with Crippen LogP contribution in [-0.4, -0.2) is 50.7 Å². The van der Waals surface area contributed by atoms with Gasteiger partial charge < -0.3 is 10.2 Å². The summed E-state index contributed by atoms with van der Waals surface area (Å²) in [5.74, 6) is 0. The highest BCUT2D eigenvalue weighted by molar-refractivity contribution is 5.48. The van der Waals surface area contributed by atoms with Crippen molar-refractivity contribution >= 4 is 5.69 Å². The monoisotopic (exact) mass is 259 g/mol. The van der Waals surface area contributed by atoms with Gasteiger partial charge in [-0.1, -0.05) is 18.2 Å². The highest BCUT2D eigenvalue weighted by Crippen LogP contribution is 2.17. The van der Waals surface area contributed by atoms with Crippen LogP contribution in [0, 0.1) is 6.92 Å². The van der Waals surface area contributed by atoms with E-state index >= 15 is 0 Å². The molecule has 1 saturated heterocycles. The Morgan fingerprint density at radius 3 is 2.74 bits per heavy atom. The van der Waals surface area contributed by atoms with Crippen LogP contribution in [0.15, 0.2) is 36.9 Å². The van der Waals surface area contributed by atoms with E-state index in [0.717, 1.165) is 45.8 Å². The minimum absolute atomic E-state index is 0.906. The Balaban J connectivity index is 1.74. The third kappa shape index (κ3) is 4.37. The molecular weight excluding hydrogens is 234 g/mol. The van der Waals surface area contributed by atoms with Crippen molar-refractivity contribution < 1.29 is 0 Å². The molecule has 1 fully saturated rings. The minimum atomic E-state index is 0.906. The fourth-order valence-corrected chi connectivity index (χ4v) is 2.50. The van der Waals surface area contributed by atoms with Crippen molar-refractivity contribution in [3.05, 3.63) is 42.5 Å². The van der Waals surface area contributed by atoms with Crippen LogP contribution in [0.1, 0.15) is 5.56 Å². The van der Waals surface area contributed by atoms with Gasteiger partial charge in [0.2, 0.25) is 0 Å². The molecule has 0 saturated carbocycles. The minimum Gasteiger partial charge on any atom is -0.369 e. The lowest BCUT2D eigenvalue weighted by Gasteiger charge is -2.36. The summed E-state index contributed by atoms with van der Waals surface area (Å²) in [6, 6.07) is 8.80. The quantitative estimate of drug-likeness (QED) is 0.622. The number of aryl methyl sites for hydroxylation is 1. The third-order valence-corrected chi connectivity index (χ3v) is 3.63. The Bertz CT molecular complexity index is 395. The number of nitrogens with zero attached hydrogens (tertiary/aromatic N) is 2. The van der Waals surface area contributed by atoms with E-state index in [9.17, 15) is 0 Å². The predicted molar refractivity (Wildman–Crippen MR) is 82.9 cm³/mol. The molecule has 3 heteroatoms. The first-order chi connectivity index (χ1) is 9.29. The summed E-state index contributed by atoms with van der Waals surface area (Å²) in [7, 11) is 0. The Kier molecular flexibility index (Phi) is 5.43. The predicted octanol–water partition coefficient (Wildman–Crippen LogP) is 1.89. The van der Waals surface area contributed by atoms with Crippen LogP contribution >= 0.6 is 0 Å². The molecule has 1 aromatic carbocycles. The van der Waals surface area contributed by atoms with Gasteiger partial charge in [0.25, 0.3) is 0 Å². The lowest BCUT2D eigenvalue weighted by Crippen LogP contribution is -2.48. The number of rotatable bonds is 6. The van der Waals surface area contributed by atoms with E-state index in [1.54, 1.807) is 0 Å². The number of hydrogen-bond donors (Lipinski definition) is 1. The number of anilines is 1. The second kappa shape index (κ2) is 7.31. The maximum Gasteiger partial charge on any atom is 0.0369 e. The van der Waals surface area contributed by atoms with Crippen LogP contribution in [0.25, 0.3) is 0 Å². The molecule has 104 valence electrons. The van der Waals surface area contributed by atoms with E-state index in [0.29, 0.717) is 0 Å². The Morgan fingerprint density at radius 1 is 1.26 bits per heavy atom. The lowest BCUT2D eigenvalue weighted by molar-refractivity contribution is 0.259.